The summed E-state index contributed by atoms with van der Waals surface area (Å²) >= 11 is 9.92. The lowest BCUT2D eigenvalue weighted by Gasteiger charge is -2.05. The van der Waals surface area contributed by atoms with E-state index in [2.05, 4.69) is 15.5 Å². The van der Waals surface area contributed by atoms with Crippen LogP contribution in [0.15, 0.2) is 26.9 Å². The second kappa shape index (κ2) is 7.26. The monoisotopic (exact) mass is 349 g/mol. The van der Waals surface area contributed by atoms with Crippen molar-refractivity contribution in [3.63, 3.8) is 0 Å². The van der Waals surface area contributed by atoms with Gasteiger partial charge in [-0.1, -0.05) is 46.5 Å². The third-order valence-corrected chi connectivity index (χ3v) is 5.36. The van der Waals surface area contributed by atoms with Crippen LogP contribution in [0.2, 0.25) is 5.02 Å². The highest BCUT2D eigenvalue weighted by Gasteiger charge is 2.10. The zero-order chi connectivity index (χ0) is 14.5. The molecule has 0 aliphatic rings. The molecule has 0 unspecified atom stereocenters. The van der Waals surface area contributed by atoms with Gasteiger partial charge in [-0.25, -0.2) is 4.39 Å². The lowest BCUT2D eigenvalue weighted by Crippen LogP contribution is -2.15. The molecule has 106 valence electrons. The van der Waals surface area contributed by atoms with Gasteiger partial charge in [0.2, 0.25) is 5.91 Å². The summed E-state index contributed by atoms with van der Waals surface area (Å²) in [6.45, 7) is 0. The van der Waals surface area contributed by atoms with Crippen molar-refractivity contribution in [1.29, 1.82) is 0 Å². The molecule has 9 heteroatoms. The summed E-state index contributed by atoms with van der Waals surface area (Å²) in [6, 6.07) is 4.00. The van der Waals surface area contributed by atoms with Crippen LogP contribution in [0, 0.1) is 5.82 Å². The Morgan fingerprint density at radius 2 is 2.20 bits per heavy atom. The molecule has 0 saturated carbocycles. The van der Waals surface area contributed by atoms with Crippen molar-refractivity contribution in [3.05, 3.63) is 29.0 Å². The molecule has 0 aliphatic carbocycles. The van der Waals surface area contributed by atoms with Gasteiger partial charge >= 0.3 is 0 Å². The topological polar surface area (TPSA) is 54.9 Å². The van der Waals surface area contributed by atoms with Gasteiger partial charge in [-0.2, -0.15) is 0 Å². The molecule has 0 saturated heterocycles. The van der Waals surface area contributed by atoms with Crippen LogP contribution in [0.5, 0.6) is 0 Å². The maximum atomic E-state index is 13.4. The molecular weight excluding hydrogens is 341 g/mol. The van der Waals surface area contributed by atoms with Crippen molar-refractivity contribution in [1.82, 2.24) is 10.2 Å². The summed E-state index contributed by atoms with van der Waals surface area (Å²) in [5, 5.41) is 10.7. The first kappa shape index (κ1) is 15.6. The number of rotatable bonds is 5. The second-order valence-electron chi connectivity index (χ2n) is 3.50. The van der Waals surface area contributed by atoms with E-state index >= 15 is 0 Å². The number of anilines is 1. The van der Waals surface area contributed by atoms with E-state index in [0.29, 0.717) is 9.36 Å². The molecule has 1 heterocycles. The van der Waals surface area contributed by atoms with Crippen LogP contribution < -0.4 is 5.32 Å². The quantitative estimate of drug-likeness (QED) is 0.832. The summed E-state index contributed by atoms with van der Waals surface area (Å²) < 4.78 is 15.0. The lowest BCUT2D eigenvalue weighted by atomic mass is 10.3. The van der Waals surface area contributed by atoms with Crippen LogP contribution in [0.4, 0.5) is 10.1 Å². The van der Waals surface area contributed by atoms with E-state index in [9.17, 15) is 9.18 Å². The molecule has 0 fully saturated rings. The number of carbonyl (C=O) groups excluding carboxylic acids is 1. The molecule has 1 aromatic carbocycles. The van der Waals surface area contributed by atoms with Gasteiger partial charge in [-0.3, -0.25) is 4.79 Å². The van der Waals surface area contributed by atoms with E-state index < -0.39 is 5.82 Å². The third kappa shape index (κ3) is 4.34. The summed E-state index contributed by atoms with van der Waals surface area (Å²) in [5.74, 6) is -0.708. The SMILES string of the molecule is CSc1nnc(SCC(=O)Nc2cc(Cl)ccc2F)s1. The molecule has 1 aromatic heterocycles. The molecule has 1 N–H and O–H groups in total. The van der Waals surface area contributed by atoms with Gasteiger partial charge in [-0.05, 0) is 24.5 Å². The van der Waals surface area contributed by atoms with Gasteiger partial charge in [0, 0.05) is 5.02 Å². The Balaban J connectivity index is 1.90. The number of hydrogen-bond donors (Lipinski definition) is 1. The molecule has 2 rings (SSSR count). The minimum atomic E-state index is -0.520. The van der Waals surface area contributed by atoms with Crippen LogP contribution in [-0.2, 0) is 4.79 Å². The van der Waals surface area contributed by atoms with Crippen LogP contribution in [0.3, 0.4) is 0 Å². The Kier molecular flexibility index (Phi) is 5.64. The fourth-order valence-corrected chi connectivity index (χ4v) is 3.66. The van der Waals surface area contributed by atoms with Crippen molar-refractivity contribution < 1.29 is 9.18 Å². The van der Waals surface area contributed by atoms with E-state index in [4.69, 9.17) is 11.6 Å². The van der Waals surface area contributed by atoms with E-state index in [0.717, 1.165) is 4.34 Å². The Morgan fingerprint density at radius 1 is 1.45 bits per heavy atom. The molecule has 0 aliphatic heterocycles. The van der Waals surface area contributed by atoms with Crippen molar-refractivity contribution in [3.8, 4) is 0 Å². The molecule has 0 atom stereocenters. The number of carbonyl (C=O) groups is 1. The molecule has 0 radical (unpaired) electrons. The number of halogens is 2. The first-order valence-corrected chi connectivity index (χ1v) is 8.74. The maximum absolute atomic E-state index is 13.4. The molecule has 1 amide bonds. The first-order chi connectivity index (χ1) is 9.58. The molecule has 2 aromatic rings. The highest BCUT2D eigenvalue weighted by molar-refractivity contribution is 8.03. The zero-order valence-electron chi connectivity index (χ0n) is 10.2. The Hall–Kier alpha value is -0.830. The van der Waals surface area contributed by atoms with Gasteiger partial charge in [0.05, 0.1) is 11.4 Å². The lowest BCUT2D eigenvalue weighted by molar-refractivity contribution is -0.113. The largest absolute Gasteiger partial charge is 0.323 e. The fourth-order valence-electron chi connectivity index (χ4n) is 1.24. The van der Waals surface area contributed by atoms with Gasteiger partial charge in [0.25, 0.3) is 0 Å². The first-order valence-electron chi connectivity index (χ1n) is 5.33. The highest BCUT2D eigenvalue weighted by Crippen LogP contribution is 2.27. The number of thioether (sulfide) groups is 2. The number of nitrogens with one attached hydrogen (secondary N) is 1. The van der Waals surface area contributed by atoms with Crippen LogP contribution in [-0.4, -0.2) is 28.1 Å². The van der Waals surface area contributed by atoms with Crippen LogP contribution >= 0.6 is 46.5 Å². The van der Waals surface area contributed by atoms with Gasteiger partial charge in [-0.15, -0.1) is 10.2 Å². The zero-order valence-corrected chi connectivity index (χ0v) is 13.4. The molecule has 0 spiro atoms. The Labute approximate surface area is 132 Å². The number of aromatic nitrogens is 2. The van der Waals surface area contributed by atoms with Crippen molar-refractivity contribution >= 4 is 58.1 Å². The minimum Gasteiger partial charge on any atom is -0.323 e. The highest BCUT2D eigenvalue weighted by atomic mass is 35.5. The standard InChI is InChI=1S/C11H9ClFN3OS3/c1-18-10-15-16-11(20-10)19-5-9(17)14-8-4-6(12)2-3-7(8)13/h2-4H,5H2,1H3,(H,14,17). The number of amides is 1. The van der Waals surface area contributed by atoms with Crippen molar-refractivity contribution in [2.24, 2.45) is 0 Å². The smallest absolute Gasteiger partial charge is 0.234 e. The van der Waals surface area contributed by atoms with Crippen LogP contribution in [0.1, 0.15) is 0 Å². The van der Waals surface area contributed by atoms with Gasteiger partial charge in [0.15, 0.2) is 8.68 Å². The number of nitrogens with zero attached hydrogens (tertiary/aromatic N) is 2. The fraction of sp³-hybridized carbons (Fsp3) is 0.182. The summed E-state index contributed by atoms with van der Waals surface area (Å²) in [6.07, 6.45) is 1.91. The predicted octanol–water partition coefficient (Wildman–Crippen LogP) is 3.78. The molecule has 20 heavy (non-hydrogen) atoms. The maximum Gasteiger partial charge on any atom is 0.234 e. The molecular formula is C11H9ClFN3OS3. The van der Waals surface area contributed by atoms with E-state index in [1.54, 1.807) is 0 Å². The average molecular weight is 350 g/mol. The van der Waals surface area contributed by atoms with Gasteiger partial charge < -0.3 is 5.32 Å². The van der Waals surface area contributed by atoms with Gasteiger partial charge in [0.1, 0.15) is 5.82 Å². The Bertz CT molecular complexity index is 623. The van der Waals surface area contributed by atoms with E-state index in [-0.39, 0.29) is 17.3 Å². The minimum absolute atomic E-state index is 0.0742. The summed E-state index contributed by atoms with van der Waals surface area (Å²) in [5.41, 5.74) is 0.0742. The molecule has 4 nitrogen and oxygen atoms in total. The van der Waals surface area contributed by atoms with E-state index in [1.165, 1.54) is 53.1 Å². The van der Waals surface area contributed by atoms with Crippen molar-refractivity contribution in [2.75, 3.05) is 17.3 Å². The summed E-state index contributed by atoms with van der Waals surface area (Å²) in [4.78, 5) is 11.7. The van der Waals surface area contributed by atoms with Crippen molar-refractivity contribution in [2.45, 2.75) is 8.68 Å². The predicted molar refractivity (Wildman–Crippen MR) is 82.5 cm³/mol. The molecule has 0 bridgehead atoms. The second-order valence-corrected chi connectivity index (χ2v) is 7.19. The summed E-state index contributed by atoms with van der Waals surface area (Å²) in [7, 11) is 0. The van der Waals surface area contributed by atoms with Crippen LogP contribution in [0.25, 0.3) is 0 Å². The Morgan fingerprint density at radius 3 is 2.90 bits per heavy atom. The number of hydrogen-bond acceptors (Lipinski definition) is 6. The third-order valence-electron chi connectivity index (χ3n) is 2.09. The normalized spacial score (nSPS) is 10.6. The van der Waals surface area contributed by atoms with E-state index in [1.807, 2.05) is 6.26 Å². The average Bonchev–Trinajstić information content (AvgIpc) is 2.89. The number of benzene rings is 1.